The van der Waals surface area contributed by atoms with E-state index in [1.165, 1.54) is 18.2 Å². The molecule has 0 aliphatic carbocycles. The maximum atomic E-state index is 11.8. The predicted octanol–water partition coefficient (Wildman–Crippen LogP) is 1.64. The minimum atomic E-state index is -3.09. The van der Waals surface area contributed by atoms with Gasteiger partial charge < -0.3 is 4.90 Å². The van der Waals surface area contributed by atoms with E-state index < -0.39 is 20.0 Å². The zero-order chi connectivity index (χ0) is 17.5. The van der Waals surface area contributed by atoms with Crippen molar-refractivity contribution < 1.29 is 13.3 Å². The standard InChI is InChI=1S/C15H14N4O4S/c1-10-9-18(4-5-24(10,22)23)15-6-11(8-16)13-7-12(19(20)21)2-3-14(13)17-15/h2-3,6-7,10H,4-5,9H2,1H3. The fourth-order valence-electron chi connectivity index (χ4n) is 2.73. The van der Waals surface area contributed by atoms with E-state index in [0.717, 1.165) is 0 Å². The SMILES string of the molecule is CC1CN(c2cc(C#N)c3cc([N+](=O)[O-])ccc3n2)CCS1(=O)=O. The van der Waals surface area contributed by atoms with Crippen LogP contribution in [-0.2, 0) is 9.84 Å². The molecular weight excluding hydrogens is 332 g/mol. The van der Waals surface area contributed by atoms with Crippen LogP contribution in [-0.4, -0.2) is 42.4 Å². The number of rotatable bonds is 2. The van der Waals surface area contributed by atoms with Crippen LogP contribution in [0, 0.1) is 21.4 Å². The first-order chi connectivity index (χ1) is 11.3. The number of aromatic nitrogens is 1. The predicted molar refractivity (Wildman–Crippen MR) is 88.6 cm³/mol. The number of hydrogen-bond acceptors (Lipinski definition) is 7. The molecule has 124 valence electrons. The van der Waals surface area contributed by atoms with Gasteiger partial charge in [-0.05, 0) is 19.1 Å². The van der Waals surface area contributed by atoms with Crippen molar-refractivity contribution in [2.24, 2.45) is 0 Å². The Bertz CT molecular complexity index is 981. The lowest BCUT2D eigenvalue weighted by molar-refractivity contribution is -0.384. The van der Waals surface area contributed by atoms with Gasteiger partial charge in [0.25, 0.3) is 5.69 Å². The van der Waals surface area contributed by atoms with E-state index in [1.54, 1.807) is 13.0 Å². The van der Waals surface area contributed by atoms with Gasteiger partial charge in [0.15, 0.2) is 9.84 Å². The zero-order valence-corrected chi connectivity index (χ0v) is 13.7. The van der Waals surface area contributed by atoms with Gasteiger partial charge in [-0.2, -0.15) is 5.26 Å². The maximum Gasteiger partial charge on any atom is 0.270 e. The van der Waals surface area contributed by atoms with Crippen molar-refractivity contribution in [2.75, 3.05) is 23.7 Å². The Kier molecular flexibility index (Phi) is 3.85. The van der Waals surface area contributed by atoms with Crippen molar-refractivity contribution in [3.8, 4) is 6.07 Å². The number of pyridine rings is 1. The molecule has 3 rings (SSSR count). The van der Waals surface area contributed by atoms with Crippen LogP contribution in [0.2, 0.25) is 0 Å². The summed E-state index contributed by atoms with van der Waals surface area (Å²) in [7, 11) is -3.09. The van der Waals surface area contributed by atoms with Crippen molar-refractivity contribution in [3.63, 3.8) is 0 Å². The molecule has 0 bridgehead atoms. The van der Waals surface area contributed by atoms with Crippen LogP contribution in [0.15, 0.2) is 24.3 Å². The molecule has 0 N–H and O–H groups in total. The Morgan fingerprint density at radius 1 is 1.42 bits per heavy atom. The van der Waals surface area contributed by atoms with Crippen LogP contribution in [0.25, 0.3) is 10.9 Å². The summed E-state index contributed by atoms with van der Waals surface area (Å²) in [5.74, 6) is 0.547. The van der Waals surface area contributed by atoms with Gasteiger partial charge in [-0.25, -0.2) is 13.4 Å². The molecule has 1 atom stereocenters. The van der Waals surface area contributed by atoms with Gasteiger partial charge in [0.1, 0.15) is 5.82 Å². The van der Waals surface area contributed by atoms with Gasteiger partial charge in [-0.1, -0.05) is 0 Å². The average molecular weight is 346 g/mol. The Hall–Kier alpha value is -2.73. The quantitative estimate of drug-likeness (QED) is 0.599. The molecule has 2 heterocycles. The molecule has 0 saturated carbocycles. The average Bonchev–Trinajstić information content (AvgIpc) is 2.55. The van der Waals surface area contributed by atoms with E-state index in [4.69, 9.17) is 0 Å². The highest BCUT2D eigenvalue weighted by Crippen LogP contribution is 2.27. The van der Waals surface area contributed by atoms with Crippen LogP contribution in [0.4, 0.5) is 11.5 Å². The zero-order valence-electron chi connectivity index (χ0n) is 12.8. The number of hydrogen-bond donors (Lipinski definition) is 0. The molecule has 1 aliphatic heterocycles. The summed E-state index contributed by atoms with van der Waals surface area (Å²) in [6, 6.07) is 7.75. The molecule has 0 amide bonds. The Morgan fingerprint density at radius 2 is 2.17 bits per heavy atom. The summed E-state index contributed by atoms with van der Waals surface area (Å²) >= 11 is 0. The van der Waals surface area contributed by atoms with Crippen molar-refractivity contribution in [1.82, 2.24) is 4.98 Å². The third kappa shape index (κ3) is 2.76. The van der Waals surface area contributed by atoms with Crippen molar-refractivity contribution in [2.45, 2.75) is 12.2 Å². The smallest absolute Gasteiger partial charge is 0.270 e. The largest absolute Gasteiger partial charge is 0.354 e. The first-order valence-corrected chi connectivity index (χ1v) is 8.99. The number of nitro groups is 1. The van der Waals surface area contributed by atoms with E-state index in [0.29, 0.717) is 29.8 Å². The minimum absolute atomic E-state index is 0.0377. The summed E-state index contributed by atoms with van der Waals surface area (Å²) in [5.41, 5.74) is 0.641. The molecule has 1 aliphatic rings. The lowest BCUT2D eigenvalue weighted by Gasteiger charge is -2.32. The molecule has 1 aromatic heterocycles. The molecule has 8 nitrogen and oxygen atoms in total. The Labute approximate surface area is 138 Å². The van der Waals surface area contributed by atoms with Gasteiger partial charge in [-0.15, -0.1) is 0 Å². The second kappa shape index (κ2) is 5.72. The molecular formula is C15H14N4O4S. The van der Waals surface area contributed by atoms with Crippen LogP contribution in [0.1, 0.15) is 12.5 Å². The van der Waals surface area contributed by atoms with E-state index >= 15 is 0 Å². The molecule has 9 heteroatoms. The van der Waals surface area contributed by atoms with Gasteiger partial charge in [0, 0.05) is 30.6 Å². The lowest BCUT2D eigenvalue weighted by Crippen LogP contribution is -2.45. The fourth-order valence-corrected chi connectivity index (χ4v) is 4.01. The second-order valence-electron chi connectivity index (χ2n) is 5.72. The van der Waals surface area contributed by atoms with Gasteiger partial charge in [-0.3, -0.25) is 10.1 Å². The number of benzene rings is 1. The highest BCUT2D eigenvalue weighted by molar-refractivity contribution is 7.92. The highest BCUT2D eigenvalue weighted by Gasteiger charge is 2.30. The number of non-ortho nitro benzene ring substituents is 1. The van der Waals surface area contributed by atoms with Crippen LogP contribution >= 0.6 is 0 Å². The van der Waals surface area contributed by atoms with Crippen LogP contribution < -0.4 is 4.90 Å². The first-order valence-electron chi connectivity index (χ1n) is 7.27. The second-order valence-corrected chi connectivity index (χ2v) is 8.26. The molecule has 0 spiro atoms. The van der Waals surface area contributed by atoms with Crippen LogP contribution in [0.3, 0.4) is 0 Å². The monoisotopic (exact) mass is 346 g/mol. The Morgan fingerprint density at radius 3 is 2.79 bits per heavy atom. The summed E-state index contributed by atoms with van der Waals surface area (Å²) in [6.45, 7) is 2.26. The fraction of sp³-hybridized carbons (Fsp3) is 0.333. The Balaban J connectivity index is 2.06. The number of anilines is 1. The summed E-state index contributed by atoms with van der Waals surface area (Å²) in [6.07, 6.45) is 0. The van der Waals surface area contributed by atoms with E-state index in [1.807, 2.05) is 11.0 Å². The molecule has 1 saturated heterocycles. The van der Waals surface area contributed by atoms with E-state index in [2.05, 4.69) is 4.98 Å². The number of nitriles is 1. The van der Waals surface area contributed by atoms with E-state index in [-0.39, 0.29) is 17.0 Å². The molecule has 1 fully saturated rings. The minimum Gasteiger partial charge on any atom is -0.354 e. The number of nitrogens with zero attached hydrogens (tertiary/aromatic N) is 4. The summed E-state index contributed by atoms with van der Waals surface area (Å²) in [5, 5.41) is 20.2. The molecule has 24 heavy (non-hydrogen) atoms. The first kappa shape index (κ1) is 16.1. The topological polar surface area (TPSA) is 117 Å². The molecule has 0 radical (unpaired) electrons. The molecule has 1 aromatic carbocycles. The third-order valence-electron chi connectivity index (χ3n) is 4.17. The summed E-state index contributed by atoms with van der Waals surface area (Å²) < 4.78 is 23.7. The van der Waals surface area contributed by atoms with Gasteiger partial charge >= 0.3 is 0 Å². The lowest BCUT2D eigenvalue weighted by atomic mass is 10.1. The van der Waals surface area contributed by atoms with Crippen molar-refractivity contribution in [3.05, 3.63) is 39.9 Å². The molecule has 1 unspecified atom stereocenters. The third-order valence-corrected chi connectivity index (χ3v) is 6.30. The number of sulfone groups is 1. The van der Waals surface area contributed by atoms with E-state index in [9.17, 15) is 23.8 Å². The number of nitro benzene ring substituents is 1. The summed E-state index contributed by atoms with van der Waals surface area (Å²) in [4.78, 5) is 16.6. The maximum absolute atomic E-state index is 11.8. The van der Waals surface area contributed by atoms with Gasteiger partial charge in [0.2, 0.25) is 0 Å². The van der Waals surface area contributed by atoms with Crippen molar-refractivity contribution in [1.29, 1.82) is 5.26 Å². The number of fused-ring (bicyclic) bond motifs is 1. The highest BCUT2D eigenvalue weighted by atomic mass is 32.2. The normalized spacial score (nSPS) is 19.8. The van der Waals surface area contributed by atoms with Crippen molar-refractivity contribution >= 4 is 32.2 Å². The van der Waals surface area contributed by atoms with Gasteiger partial charge in [0.05, 0.1) is 33.1 Å². The molecule has 2 aromatic rings. The van der Waals surface area contributed by atoms with Crippen LogP contribution in [0.5, 0.6) is 0 Å².